The molecule has 6 nitrogen and oxygen atoms in total. The van der Waals surface area contributed by atoms with Crippen molar-refractivity contribution in [1.29, 1.82) is 0 Å². The van der Waals surface area contributed by atoms with Crippen LogP contribution in [-0.2, 0) is 9.59 Å². The van der Waals surface area contributed by atoms with E-state index in [0.717, 1.165) is 5.56 Å². The average Bonchev–Trinajstić information content (AvgIpc) is 3.00. The smallest absolute Gasteiger partial charge is 0.244 e. The second kappa shape index (κ2) is 8.11. The predicted octanol–water partition coefficient (Wildman–Crippen LogP) is 3.29. The van der Waals surface area contributed by atoms with E-state index in [2.05, 4.69) is 15.6 Å². The van der Waals surface area contributed by atoms with Crippen molar-refractivity contribution < 1.29 is 14.0 Å². The van der Waals surface area contributed by atoms with Crippen LogP contribution in [0, 0.1) is 6.92 Å². The van der Waals surface area contributed by atoms with E-state index < -0.39 is 0 Å². The Morgan fingerprint density at radius 2 is 1.96 bits per heavy atom. The van der Waals surface area contributed by atoms with Crippen molar-refractivity contribution >= 4 is 34.7 Å². The summed E-state index contributed by atoms with van der Waals surface area (Å²) in [4.78, 5) is 28.0. The van der Waals surface area contributed by atoms with Crippen molar-refractivity contribution in [2.75, 3.05) is 11.9 Å². The zero-order valence-electron chi connectivity index (χ0n) is 14.4. The highest BCUT2D eigenvalue weighted by atomic mass is 16.3. The van der Waals surface area contributed by atoms with Gasteiger partial charge in [-0.15, -0.1) is 0 Å². The summed E-state index contributed by atoms with van der Waals surface area (Å²) in [5, 5.41) is 5.47. The number of fused-ring (bicyclic) bond motifs is 1. The standard InChI is InChI=1S/C20H19N3O3/c1-14-22-17-13-16(8-9-18(17)26-14)23-20(25)11-12-21-19(24)10-7-15-5-3-2-4-6-15/h2-10,13H,11-12H2,1H3,(H,21,24)(H,23,25)/b10-7+. The van der Waals surface area contributed by atoms with E-state index in [-0.39, 0.29) is 24.8 Å². The molecule has 0 unspecified atom stereocenters. The molecular formula is C20H19N3O3. The van der Waals surface area contributed by atoms with Gasteiger partial charge in [-0.3, -0.25) is 9.59 Å². The summed E-state index contributed by atoms with van der Waals surface area (Å²) in [5.41, 5.74) is 2.96. The number of carbonyl (C=O) groups excluding carboxylic acids is 2. The molecule has 132 valence electrons. The van der Waals surface area contributed by atoms with Crippen molar-refractivity contribution in [3.05, 3.63) is 66.1 Å². The zero-order valence-corrected chi connectivity index (χ0v) is 14.4. The number of hydrogen-bond acceptors (Lipinski definition) is 4. The molecule has 0 bridgehead atoms. The molecule has 0 spiro atoms. The monoisotopic (exact) mass is 349 g/mol. The van der Waals surface area contributed by atoms with Crippen LogP contribution in [0.5, 0.6) is 0 Å². The third kappa shape index (κ3) is 4.80. The van der Waals surface area contributed by atoms with Crippen molar-refractivity contribution in [2.45, 2.75) is 13.3 Å². The molecule has 1 heterocycles. The highest BCUT2D eigenvalue weighted by molar-refractivity contribution is 5.94. The summed E-state index contributed by atoms with van der Waals surface area (Å²) in [6, 6.07) is 14.8. The molecule has 0 saturated heterocycles. The van der Waals surface area contributed by atoms with Crippen LogP contribution in [0.1, 0.15) is 17.9 Å². The lowest BCUT2D eigenvalue weighted by Gasteiger charge is -2.05. The molecule has 0 radical (unpaired) electrons. The summed E-state index contributed by atoms with van der Waals surface area (Å²) in [7, 11) is 0. The lowest BCUT2D eigenvalue weighted by atomic mass is 10.2. The average molecular weight is 349 g/mol. The number of nitrogens with one attached hydrogen (secondary N) is 2. The second-order valence-electron chi connectivity index (χ2n) is 5.75. The fraction of sp³-hybridized carbons (Fsp3) is 0.150. The number of aryl methyl sites for hydroxylation is 1. The van der Waals surface area contributed by atoms with E-state index >= 15 is 0 Å². The number of amides is 2. The van der Waals surface area contributed by atoms with Crippen LogP contribution >= 0.6 is 0 Å². The quantitative estimate of drug-likeness (QED) is 0.669. The number of oxazole rings is 1. The maximum atomic E-state index is 12.0. The number of aromatic nitrogens is 1. The molecule has 0 fully saturated rings. The van der Waals surface area contributed by atoms with Crippen LogP contribution in [0.3, 0.4) is 0 Å². The van der Waals surface area contributed by atoms with Gasteiger partial charge in [0.1, 0.15) is 5.52 Å². The summed E-state index contributed by atoms with van der Waals surface area (Å²) in [6.45, 7) is 2.03. The summed E-state index contributed by atoms with van der Waals surface area (Å²) >= 11 is 0. The molecule has 6 heteroatoms. The van der Waals surface area contributed by atoms with Gasteiger partial charge in [-0.25, -0.2) is 4.98 Å². The molecule has 0 aliphatic heterocycles. The zero-order chi connectivity index (χ0) is 18.4. The normalized spacial score (nSPS) is 11.0. The van der Waals surface area contributed by atoms with Gasteiger partial charge in [0, 0.05) is 31.7 Å². The highest BCUT2D eigenvalue weighted by Gasteiger charge is 2.06. The number of rotatable bonds is 6. The molecule has 3 rings (SSSR count). The molecule has 1 aromatic heterocycles. The molecule has 0 aliphatic rings. The summed E-state index contributed by atoms with van der Waals surface area (Å²) in [5.74, 6) is 0.160. The lowest BCUT2D eigenvalue weighted by molar-refractivity contribution is -0.117. The van der Waals surface area contributed by atoms with Gasteiger partial charge in [0.05, 0.1) is 0 Å². The number of anilines is 1. The number of benzene rings is 2. The van der Waals surface area contributed by atoms with Gasteiger partial charge >= 0.3 is 0 Å². The predicted molar refractivity (Wildman–Crippen MR) is 100 cm³/mol. The molecule has 2 N–H and O–H groups in total. The Labute approximate surface area is 150 Å². The molecule has 0 saturated carbocycles. The Kier molecular flexibility index (Phi) is 5.43. The Hall–Kier alpha value is -3.41. The van der Waals surface area contributed by atoms with Gasteiger partial charge in [0.15, 0.2) is 11.5 Å². The first-order valence-electron chi connectivity index (χ1n) is 8.28. The number of nitrogens with zero attached hydrogens (tertiary/aromatic N) is 1. The van der Waals surface area contributed by atoms with Crippen LogP contribution in [0.25, 0.3) is 17.2 Å². The largest absolute Gasteiger partial charge is 0.441 e. The van der Waals surface area contributed by atoms with Gasteiger partial charge in [-0.2, -0.15) is 0 Å². The first kappa shape index (κ1) is 17.4. The topological polar surface area (TPSA) is 84.2 Å². The number of hydrogen-bond donors (Lipinski definition) is 2. The van der Waals surface area contributed by atoms with Gasteiger partial charge in [0.25, 0.3) is 0 Å². The molecule has 3 aromatic rings. The Bertz CT molecular complexity index is 945. The van der Waals surface area contributed by atoms with E-state index in [1.54, 1.807) is 31.2 Å². The Morgan fingerprint density at radius 3 is 2.77 bits per heavy atom. The minimum atomic E-state index is -0.235. The third-order valence-electron chi connectivity index (χ3n) is 3.66. The van der Waals surface area contributed by atoms with E-state index in [1.807, 2.05) is 30.3 Å². The third-order valence-corrected chi connectivity index (χ3v) is 3.66. The van der Waals surface area contributed by atoms with Crippen LogP contribution in [-0.4, -0.2) is 23.3 Å². The lowest BCUT2D eigenvalue weighted by Crippen LogP contribution is -2.26. The second-order valence-corrected chi connectivity index (χ2v) is 5.75. The van der Waals surface area contributed by atoms with Gasteiger partial charge in [-0.1, -0.05) is 30.3 Å². The molecule has 2 aromatic carbocycles. The van der Waals surface area contributed by atoms with Crippen LogP contribution in [0.2, 0.25) is 0 Å². The molecule has 0 aliphatic carbocycles. The Morgan fingerprint density at radius 1 is 1.15 bits per heavy atom. The fourth-order valence-electron chi connectivity index (χ4n) is 2.44. The molecule has 2 amide bonds. The SMILES string of the molecule is Cc1nc2cc(NC(=O)CCNC(=O)/C=C/c3ccccc3)ccc2o1. The minimum Gasteiger partial charge on any atom is -0.441 e. The van der Waals surface area contributed by atoms with E-state index in [4.69, 9.17) is 4.42 Å². The Balaban J connectivity index is 1.44. The van der Waals surface area contributed by atoms with Gasteiger partial charge in [0.2, 0.25) is 11.8 Å². The fourth-order valence-corrected chi connectivity index (χ4v) is 2.44. The van der Waals surface area contributed by atoms with E-state index in [1.165, 1.54) is 6.08 Å². The van der Waals surface area contributed by atoms with E-state index in [9.17, 15) is 9.59 Å². The number of carbonyl (C=O) groups is 2. The van der Waals surface area contributed by atoms with Crippen molar-refractivity contribution in [3.8, 4) is 0 Å². The first-order chi connectivity index (χ1) is 12.6. The van der Waals surface area contributed by atoms with Crippen LogP contribution < -0.4 is 10.6 Å². The molecule has 0 atom stereocenters. The first-order valence-corrected chi connectivity index (χ1v) is 8.28. The minimum absolute atomic E-state index is 0.181. The van der Waals surface area contributed by atoms with Crippen molar-refractivity contribution in [1.82, 2.24) is 10.3 Å². The van der Waals surface area contributed by atoms with Gasteiger partial charge in [-0.05, 0) is 29.8 Å². The van der Waals surface area contributed by atoms with E-state index in [0.29, 0.717) is 22.7 Å². The molecule has 26 heavy (non-hydrogen) atoms. The van der Waals surface area contributed by atoms with Crippen molar-refractivity contribution in [3.63, 3.8) is 0 Å². The van der Waals surface area contributed by atoms with Crippen LogP contribution in [0.4, 0.5) is 5.69 Å². The highest BCUT2D eigenvalue weighted by Crippen LogP contribution is 2.19. The maximum Gasteiger partial charge on any atom is 0.244 e. The maximum absolute atomic E-state index is 12.0. The van der Waals surface area contributed by atoms with Crippen LogP contribution in [0.15, 0.2) is 59.0 Å². The van der Waals surface area contributed by atoms with Gasteiger partial charge < -0.3 is 15.1 Å². The summed E-state index contributed by atoms with van der Waals surface area (Å²) < 4.78 is 5.40. The molecular weight excluding hydrogens is 330 g/mol. The van der Waals surface area contributed by atoms with Crippen molar-refractivity contribution in [2.24, 2.45) is 0 Å². The summed E-state index contributed by atoms with van der Waals surface area (Å²) in [6.07, 6.45) is 3.36.